The smallest absolute Gasteiger partial charge is 0.314 e. The maximum absolute atomic E-state index is 11.6. The van der Waals surface area contributed by atoms with Crippen LogP contribution in [0.3, 0.4) is 0 Å². The van der Waals surface area contributed by atoms with Gasteiger partial charge in [0.1, 0.15) is 0 Å². The van der Waals surface area contributed by atoms with E-state index in [4.69, 9.17) is 27.9 Å². The van der Waals surface area contributed by atoms with Crippen molar-refractivity contribution < 1.29 is 14.6 Å². The first-order chi connectivity index (χ1) is 8.06. The van der Waals surface area contributed by atoms with Crippen LogP contribution in [0.2, 0.25) is 10.0 Å². The van der Waals surface area contributed by atoms with Crippen molar-refractivity contribution in [3.8, 4) is 0 Å². The van der Waals surface area contributed by atoms with Gasteiger partial charge in [-0.2, -0.15) is 0 Å². The zero-order valence-electron chi connectivity index (χ0n) is 9.08. The lowest BCUT2D eigenvalue weighted by atomic mass is 9.74. The molecule has 17 heavy (non-hydrogen) atoms. The van der Waals surface area contributed by atoms with Crippen molar-refractivity contribution in [1.82, 2.24) is 0 Å². The van der Waals surface area contributed by atoms with Gasteiger partial charge in [-0.25, -0.2) is 0 Å². The fourth-order valence-corrected chi connectivity index (χ4v) is 2.79. The maximum atomic E-state index is 11.6. The number of halogens is 2. The summed E-state index contributed by atoms with van der Waals surface area (Å²) in [5, 5.41) is 10.4. The SMILES string of the molecule is O=C(O)C1(c2ccc(Cl)cc2Cl)CCOCC1. The number of carboxylic acids is 1. The Kier molecular flexibility index (Phi) is 3.61. The first-order valence-corrected chi connectivity index (χ1v) is 6.08. The van der Waals surface area contributed by atoms with Gasteiger partial charge in [-0.1, -0.05) is 29.3 Å². The molecule has 1 N–H and O–H groups in total. The Bertz CT molecular complexity index is 439. The Labute approximate surface area is 109 Å². The topological polar surface area (TPSA) is 46.5 Å². The highest BCUT2D eigenvalue weighted by molar-refractivity contribution is 6.35. The van der Waals surface area contributed by atoms with Gasteiger partial charge >= 0.3 is 5.97 Å². The zero-order valence-corrected chi connectivity index (χ0v) is 10.6. The molecule has 0 spiro atoms. The van der Waals surface area contributed by atoms with E-state index in [9.17, 15) is 9.90 Å². The summed E-state index contributed by atoms with van der Waals surface area (Å²) in [6, 6.07) is 4.95. The molecule has 1 fully saturated rings. The lowest BCUT2D eigenvalue weighted by molar-refractivity contribution is -0.147. The summed E-state index contributed by atoms with van der Waals surface area (Å²) in [5.41, 5.74) is -0.320. The van der Waals surface area contributed by atoms with Gasteiger partial charge in [0.05, 0.1) is 5.41 Å². The van der Waals surface area contributed by atoms with Crippen LogP contribution in [-0.4, -0.2) is 24.3 Å². The van der Waals surface area contributed by atoms with Gasteiger partial charge in [0.25, 0.3) is 0 Å². The molecule has 1 aliphatic heterocycles. The average Bonchev–Trinajstić information content (AvgIpc) is 2.29. The molecule has 1 saturated heterocycles. The Morgan fingerprint density at radius 3 is 2.47 bits per heavy atom. The highest BCUT2D eigenvalue weighted by atomic mass is 35.5. The van der Waals surface area contributed by atoms with Crippen LogP contribution in [0.15, 0.2) is 18.2 Å². The minimum atomic E-state index is -0.945. The normalized spacial score (nSPS) is 18.9. The summed E-state index contributed by atoms with van der Waals surface area (Å²) in [5.74, 6) is -0.856. The molecular formula is C12H12Cl2O3. The highest BCUT2D eigenvalue weighted by Crippen LogP contribution is 2.39. The first kappa shape index (κ1) is 12.7. The number of carboxylic acid groups (broad SMARTS) is 1. The number of hydrogen-bond acceptors (Lipinski definition) is 2. The second-order valence-electron chi connectivity index (χ2n) is 4.12. The van der Waals surface area contributed by atoms with Crippen LogP contribution in [-0.2, 0) is 14.9 Å². The second kappa shape index (κ2) is 4.84. The number of ether oxygens (including phenoxy) is 1. The molecule has 1 aliphatic rings. The minimum Gasteiger partial charge on any atom is -0.481 e. The van der Waals surface area contributed by atoms with Gasteiger partial charge in [-0.05, 0) is 30.5 Å². The van der Waals surface area contributed by atoms with E-state index in [1.165, 1.54) is 0 Å². The summed E-state index contributed by atoms with van der Waals surface area (Å²) in [4.78, 5) is 11.6. The maximum Gasteiger partial charge on any atom is 0.314 e. The number of aliphatic carboxylic acids is 1. The zero-order chi connectivity index (χ0) is 12.5. The van der Waals surface area contributed by atoms with E-state index in [2.05, 4.69) is 0 Å². The van der Waals surface area contributed by atoms with Crippen LogP contribution in [0.5, 0.6) is 0 Å². The van der Waals surface area contributed by atoms with Crippen LogP contribution in [0.25, 0.3) is 0 Å². The van der Waals surface area contributed by atoms with Crippen LogP contribution < -0.4 is 0 Å². The molecule has 0 unspecified atom stereocenters. The molecule has 0 amide bonds. The molecule has 3 nitrogen and oxygen atoms in total. The van der Waals surface area contributed by atoms with Crippen molar-refractivity contribution in [2.45, 2.75) is 18.3 Å². The van der Waals surface area contributed by atoms with Crippen molar-refractivity contribution in [1.29, 1.82) is 0 Å². The van der Waals surface area contributed by atoms with Crippen molar-refractivity contribution in [3.05, 3.63) is 33.8 Å². The van der Waals surface area contributed by atoms with E-state index in [0.29, 0.717) is 41.7 Å². The van der Waals surface area contributed by atoms with Crippen LogP contribution >= 0.6 is 23.2 Å². The molecule has 1 heterocycles. The van der Waals surface area contributed by atoms with E-state index in [0.717, 1.165) is 0 Å². The van der Waals surface area contributed by atoms with Crippen molar-refractivity contribution in [3.63, 3.8) is 0 Å². The van der Waals surface area contributed by atoms with Gasteiger partial charge in [-0.15, -0.1) is 0 Å². The minimum absolute atomic E-state index is 0.404. The molecule has 5 heteroatoms. The summed E-state index contributed by atoms with van der Waals surface area (Å²) in [6.07, 6.45) is 0.868. The van der Waals surface area contributed by atoms with E-state index >= 15 is 0 Å². The van der Waals surface area contributed by atoms with E-state index in [-0.39, 0.29) is 0 Å². The number of hydrogen-bond donors (Lipinski definition) is 1. The van der Waals surface area contributed by atoms with Gasteiger partial charge in [0.2, 0.25) is 0 Å². The standard InChI is InChI=1S/C12H12Cl2O3/c13-8-1-2-9(10(14)7-8)12(11(15)16)3-5-17-6-4-12/h1-2,7H,3-6H2,(H,15,16). The predicted molar refractivity (Wildman–Crippen MR) is 65.8 cm³/mol. The number of benzene rings is 1. The molecule has 0 saturated carbocycles. The Balaban J connectivity index is 2.49. The quantitative estimate of drug-likeness (QED) is 0.902. The molecule has 0 radical (unpaired) electrons. The fourth-order valence-electron chi connectivity index (χ4n) is 2.20. The number of carbonyl (C=O) groups is 1. The van der Waals surface area contributed by atoms with Crippen LogP contribution in [0.1, 0.15) is 18.4 Å². The average molecular weight is 275 g/mol. The molecule has 2 rings (SSSR count). The molecule has 0 aromatic heterocycles. The fraction of sp³-hybridized carbons (Fsp3) is 0.417. The third kappa shape index (κ3) is 2.28. The van der Waals surface area contributed by atoms with Crippen LogP contribution in [0, 0.1) is 0 Å². The molecule has 0 aliphatic carbocycles. The van der Waals surface area contributed by atoms with Crippen molar-refractivity contribution in [2.75, 3.05) is 13.2 Å². The van der Waals surface area contributed by atoms with Crippen LogP contribution in [0.4, 0.5) is 0 Å². The third-order valence-electron chi connectivity index (χ3n) is 3.20. The monoisotopic (exact) mass is 274 g/mol. The highest BCUT2D eigenvalue weighted by Gasteiger charge is 2.43. The second-order valence-corrected chi connectivity index (χ2v) is 4.97. The van der Waals surface area contributed by atoms with E-state index in [1.807, 2.05) is 0 Å². The molecule has 0 bridgehead atoms. The molecule has 1 aromatic rings. The third-order valence-corrected chi connectivity index (χ3v) is 3.75. The molecule has 0 atom stereocenters. The van der Waals surface area contributed by atoms with Gasteiger partial charge in [0, 0.05) is 23.3 Å². The molecule has 92 valence electrons. The van der Waals surface area contributed by atoms with Gasteiger partial charge in [0.15, 0.2) is 0 Å². The largest absolute Gasteiger partial charge is 0.481 e. The Morgan fingerprint density at radius 2 is 1.94 bits per heavy atom. The van der Waals surface area contributed by atoms with Gasteiger partial charge in [-0.3, -0.25) is 4.79 Å². The van der Waals surface area contributed by atoms with Crippen molar-refractivity contribution in [2.24, 2.45) is 0 Å². The predicted octanol–water partition coefficient (Wildman–Crippen LogP) is 3.13. The number of rotatable bonds is 2. The Morgan fingerprint density at radius 1 is 1.29 bits per heavy atom. The summed E-state index contributed by atoms with van der Waals surface area (Å²) < 4.78 is 5.23. The molecular weight excluding hydrogens is 263 g/mol. The van der Waals surface area contributed by atoms with E-state index < -0.39 is 11.4 Å². The first-order valence-electron chi connectivity index (χ1n) is 5.33. The summed E-state index contributed by atoms with van der Waals surface area (Å²) in [6.45, 7) is 0.872. The van der Waals surface area contributed by atoms with E-state index in [1.54, 1.807) is 18.2 Å². The van der Waals surface area contributed by atoms with Crippen molar-refractivity contribution >= 4 is 29.2 Å². The summed E-state index contributed by atoms with van der Waals surface area (Å²) >= 11 is 11.9. The lowest BCUT2D eigenvalue weighted by Gasteiger charge is -2.34. The summed E-state index contributed by atoms with van der Waals surface area (Å²) in [7, 11) is 0. The Hall–Kier alpha value is -0.770. The lowest BCUT2D eigenvalue weighted by Crippen LogP contribution is -2.41. The molecule has 1 aromatic carbocycles. The van der Waals surface area contributed by atoms with Gasteiger partial charge < -0.3 is 9.84 Å².